The minimum Gasteiger partial charge on any atom is -0.310 e. The van der Waals surface area contributed by atoms with Gasteiger partial charge in [0.2, 0.25) is 0 Å². The van der Waals surface area contributed by atoms with Crippen LogP contribution in [-0.4, -0.2) is 41.5 Å². The molecule has 0 saturated heterocycles. The van der Waals surface area contributed by atoms with Crippen molar-refractivity contribution in [1.82, 2.24) is 35.0 Å². The summed E-state index contributed by atoms with van der Waals surface area (Å²) in [6.45, 7) is 6.07. The summed E-state index contributed by atoms with van der Waals surface area (Å²) in [4.78, 5) is 26.3. The Kier molecular flexibility index (Phi) is 5.31. The molecule has 0 radical (unpaired) electrons. The SMILES string of the molecule is Cc1ccc(C)n1-c1cnc(-c2ccc(C(C)(C(=N)NC(=O)c3cn[nH]c3)C3CC3)cn2)cn1. The molecule has 0 aliphatic heterocycles. The van der Waals surface area contributed by atoms with Crippen LogP contribution in [-0.2, 0) is 5.41 Å². The molecular formula is C25H26N8O. The van der Waals surface area contributed by atoms with Crippen LogP contribution in [0.5, 0.6) is 0 Å². The van der Waals surface area contributed by atoms with E-state index < -0.39 is 5.41 Å². The second kappa shape index (κ2) is 8.33. The van der Waals surface area contributed by atoms with Crippen molar-refractivity contribution in [3.8, 4) is 17.2 Å². The van der Waals surface area contributed by atoms with E-state index in [0.29, 0.717) is 17.0 Å². The summed E-state index contributed by atoms with van der Waals surface area (Å²) in [6.07, 6.45) is 10.2. The lowest BCUT2D eigenvalue weighted by atomic mass is 9.77. The number of carbonyl (C=O) groups excluding carboxylic acids is 1. The zero-order valence-corrected chi connectivity index (χ0v) is 19.3. The fourth-order valence-electron chi connectivity index (χ4n) is 4.39. The Labute approximate surface area is 197 Å². The number of aromatic amines is 1. The van der Waals surface area contributed by atoms with Crippen molar-refractivity contribution in [3.63, 3.8) is 0 Å². The smallest absolute Gasteiger partial charge is 0.259 e. The molecule has 9 nitrogen and oxygen atoms in total. The molecule has 4 aromatic heterocycles. The van der Waals surface area contributed by atoms with Crippen LogP contribution >= 0.6 is 0 Å². The number of nitrogens with one attached hydrogen (secondary N) is 3. The van der Waals surface area contributed by atoms with Gasteiger partial charge in [-0.2, -0.15) is 5.10 Å². The fraction of sp³-hybridized carbons (Fsp3) is 0.280. The Balaban J connectivity index is 1.38. The Hall–Kier alpha value is -4.14. The number of rotatable bonds is 6. The van der Waals surface area contributed by atoms with Crippen molar-refractivity contribution in [2.45, 2.75) is 39.0 Å². The summed E-state index contributed by atoms with van der Waals surface area (Å²) in [5.41, 5.74) is 4.23. The lowest BCUT2D eigenvalue weighted by Gasteiger charge is -2.31. The predicted molar refractivity (Wildman–Crippen MR) is 128 cm³/mol. The van der Waals surface area contributed by atoms with E-state index in [0.717, 1.165) is 35.6 Å². The molecule has 1 unspecified atom stereocenters. The Morgan fingerprint density at radius 2 is 1.76 bits per heavy atom. The number of carbonyl (C=O) groups is 1. The molecule has 0 spiro atoms. The maximum absolute atomic E-state index is 12.5. The van der Waals surface area contributed by atoms with Gasteiger partial charge in [-0.05, 0) is 63.3 Å². The third kappa shape index (κ3) is 3.79. The van der Waals surface area contributed by atoms with E-state index in [1.54, 1.807) is 18.6 Å². The average molecular weight is 455 g/mol. The van der Waals surface area contributed by atoms with Crippen LogP contribution in [0.4, 0.5) is 0 Å². The Morgan fingerprint density at radius 1 is 1.03 bits per heavy atom. The Morgan fingerprint density at radius 3 is 2.32 bits per heavy atom. The van der Waals surface area contributed by atoms with Gasteiger partial charge in [0.25, 0.3) is 5.91 Å². The van der Waals surface area contributed by atoms with E-state index in [9.17, 15) is 4.79 Å². The molecule has 5 rings (SSSR count). The lowest BCUT2D eigenvalue weighted by Crippen LogP contribution is -2.46. The van der Waals surface area contributed by atoms with Gasteiger partial charge in [0.05, 0.1) is 35.3 Å². The Bertz CT molecular complexity index is 1320. The van der Waals surface area contributed by atoms with Gasteiger partial charge >= 0.3 is 0 Å². The van der Waals surface area contributed by atoms with Gasteiger partial charge in [0.15, 0.2) is 5.82 Å². The van der Waals surface area contributed by atoms with E-state index in [2.05, 4.69) is 47.2 Å². The average Bonchev–Trinajstić information content (AvgIpc) is 3.45. The van der Waals surface area contributed by atoms with E-state index in [1.165, 1.54) is 12.4 Å². The highest BCUT2D eigenvalue weighted by Gasteiger charge is 2.47. The van der Waals surface area contributed by atoms with Crippen LogP contribution in [0.25, 0.3) is 17.2 Å². The van der Waals surface area contributed by atoms with E-state index in [-0.39, 0.29) is 17.7 Å². The highest BCUT2D eigenvalue weighted by molar-refractivity contribution is 6.08. The first-order valence-corrected chi connectivity index (χ1v) is 11.2. The first kappa shape index (κ1) is 21.7. The van der Waals surface area contributed by atoms with E-state index >= 15 is 0 Å². The van der Waals surface area contributed by atoms with Gasteiger partial charge in [0, 0.05) is 23.8 Å². The molecule has 1 fully saturated rings. The van der Waals surface area contributed by atoms with Gasteiger partial charge in [0.1, 0.15) is 11.5 Å². The monoisotopic (exact) mass is 454 g/mol. The van der Waals surface area contributed by atoms with Crippen LogP contribution in [0.3, 0.4) is 0 Å². The minimum atomic E-state index is -0.635. The third-order valence-electron chi connectivity index (χ3n) is 6.68. The molecule has 4 aromatic rings. The van der Waals surface area contributed by atoms with Crippen LogP contribution < -0.4 is 5.32 Å². The van der Waals surface area contributed by atoms with Crippen molar-refractivity contribution in [2.24, 2.45) is 5.92 Å². The molecule has 1 saturated carbocycles. The number of amidine groups is 1. The maximum atomic E-state index is 12.5. The van der Waals surface area contributed by atoms with Gasteiger partial charge < -0.3 is 9.88 Å². The van der Waals surface area contributed by atoms with Gasteiger partial charge in [-0.3, -0.25) is 20.3 Å². The minimum absolute atomic E-state index is 0.164. The third-order valence-corrected chi connectivity index (χ3v) is 6.68. The second-order valence-electron chi connectivity index (χ2n) is 8.94. The highest BCUT2D eigenvalue weighted by atomic mass is 16.1. The summed E-state index contributed by atoms with van der Waals surface area (Å²) in [6, 6.07) is 7.97. The summed E-state index contributed by atoms with van der Waals surface area (Å²) >= 11 is 0. The molecule has 1 atom stereocenters. The first-order chi connectivity index (χ1) is 16.4. The van der Waals surface area contributed by atoms with Crippen LogP contribution in [0.15, 0.2) is 55.2 Å². The van der Waals surface area contributed by atoms with Crippen molar-refractivity contribution in [1.29, 1.82) is 5.41 Å². The van der Waals surface area contributed by atoms with Crippen molar-refractivity contribution >= 4 is 11.7 Å². The second-order valence-corrected chi connectivity index (χ2v) is 8.94. The quantitative estimate of drug-likeness (QED) is 0.302. The molecule has 1 amide bonds. The molecule has 172 valence electrons. The standard InChI is InChI=1S/C25H26N8O/c1-15-4-5-16(2)33(15)22-14-28-21(13-29-22)20-9-8-19(12-27-20)25(3,18-6-7-18)24(26)32-23(34)17-10-30-31-11-17/h4-5,8-14,18H,6-7H2,1-3H3,(H,30,31)(H2,26,32,34). The molecular weight excluding hydrogens is 428 g/mol. The molecule has 3 N–H and O–H groups in total. The van der Waals surface area contributed by atoms with Gasteiger partial charge in [-0.1, -0.05) is 6.07 Å². The summed E-state index contributed by atoms with van der Waals surface area (Å²) in [5.74, 6) is 0.865. The molecule has 34 heavy (non-hydrogen) atoms. The zero-order chi connectivity index (χ0) is 23.9. The first-order valence-electron chi connectivity index (χ1n) is 11.2. The molecule has 0 aromatic carbocycles. The number of H-pyrrole nitrogens is 1. The number of hydrogen-bond donors (Lipinski definition) is 3. The van der Waals surface area contributed by atoms with E-state index in [4.69, 9.17) is 5.41 Å². The predicted octanol–water partition coefficient (Wildman–Crippen LogP) is 3.74. The summed E-state index contributed by atoms with van der Waals surface area (Å²) in [5, 5.41) is 17.9. The van der Waals surface area contributed by atoms with Crippen molar-refractivity contribution in [3.05, 3.63) is 77.8 Å². The number of amides is 1. The molecule has 9 heteroatoms. The topological polar surface area (TPSA) is 125 Å². The number of pyridine rings is 1. The molecule has 0 bridgehead atoms. The maximum Gasteiger partial charge on any atom is 0.259 e. The number of hydrogen-bond acceptors (Lipinski definition) is 6. The van der Waals surface area contributed by atoms with Crippen molar-refractivity contribution in [2.75, 3.05) is 0 Å². The molecule has 1 aliphatic carbocycles. The molecule has 1 aliphatic rings. The normalized spacial score (nSPS) is 15.0. The number of aromatic nitrogens is 6. The van der Waals surface area contributed by atoms with Crippen LogP contribution in [0, 0.1) is 25.2 Å². The lowest BCUT2D eigenvalue weighted by molar-refractivity contribution is 0.0974. The largest absolute Gasteiger partial charge is 0.310 e. The van der Waals surface area contributed by atoms with Crippen molar-refractivity contribution < 1.29 is 4.79 Å². The van der Waals surface area contributed by atoms with E-state index in [1.807, 2.05) is 32.9 Å². The van der Waals surface area contributed by atoms with Crippen LogP contribution in [0.1, 0.15) is 47.1 Å². The number of aryl methyl sites for hydroxylation is 2. The summed E-state index contributed by atoms with van der Waals surface area (Å²) < 4.78 is 2.05. The summed E-state index contributed by atoms with van der Waals surface area (Å²) in [7, 11) is 0. The van der Waals surface area contributed by atoms with Gasteiger partial charge in [-0.25, -0.2) is 9.97 Å². The highest BCUT2D eigenvalue weighted by Crippen LogP contribution is 2.47. The van der Waals surface area contributed by atoms with Crippen LogP contribution in [0.2, 0.25) is 0 Å². The number of nitrogens with zero attached hydrogens (tertiary/aromatic N) is 5. The zero-order valence-electron chi connectivity index (χ0n) is 19.3. The fourth-order valence-corrected chi connectivity index (χ4v) is 4.39. The molecule has 4 heterocycles. The van der Waals surface area contributed by atoms with Gasteiger partial charge in [-0.15, -0.1) is 0 Å².